The number of hydrogen-bond donors (Lipinski definition) is 5. The van der Waals surface area contributed by atoms with Gasteiger partial charge in [-0.1, -0.05) is 11.6 Å². The third-order valence-corrected chi connectivity index (χ3v) is 7.28. The standard InChI is InChI=1S/C26H37ClN10O3/c1-3-36-18-6-5-17(40-12-9-31-20(38)15-35-10-7-16(28)8-11-35)13-19(18)37(4-2)21(36)14-32-26(39)22-24(29)34-25(30)23(27)33-22/h5-6,13,16H,3-4,7-12,14-15,28H2,1-2H3,(H5-,29,30,31,32,34,38,39)/p+1. The number of halogens is 1. The first kappa shape index (κ1) is 29.3. The molecule has 0 unspecified atom stereocenters. The van der Waals surface area contributed by atoms with Gasteiger partial charge in [0, 0.05) is 25.2 Å². The Morgan fingerprint density at radius 1 is 1.15 bits per heavy atom. The van der Waals surface area contributed by atoms with E-state index in [1.807, 2.05) is 32.0 Å². The van der Waals surface area contributed by atoms with E-state index < -0.39 is 5.91 Å². The van der Waals surface area contributed by atoms with Gasteiger partial charge in [-0.15, -0.1) is 0 Å². The molecule has 1 aromatic carbocycles. The fourth-order valence-electron chi connectivity index (χ4n) is 4.94. The summed E-state index contributed by atoms with van der Waals surface area (Å²) in [5, 5.41) is 5.71. The molecule has 0 spiro atoms. The number of ether oxygens (including phenoxy) is 1. The molecule has 0 bridgehead atoms. The third kappa shape index (κ3) is 6.72. The van der Waals surface area contributed by atoms with Crippen LogP contribution >= 0.6 is 11.6 Å². The lowest BCUT2D eigenvalue weighted by molar-refractivity contribution is -0.676. The average molecular weight is 574 g/mol. The van der Waals surface area contributed by atoms with Crippen molar-refractivity contribution < 1.29 is 18.9 Å². The van der Waals surface area contributed by atoms with E-state index in [2.05, 4.69) is 34.6 Å². The van der Waals surface area contributed by atoms with E-state index in [1.54, 1.807) is 0 Å². The number of nitrogens with zero attached hydrogens (tertiary/aromatic N) is 5. The number of amides is 2. The van der Waals surface area contributed by atoms with Gasteiger partial charge >= 0.3 is 0 Å². The number of imidazole rings is 1. The summed E-state index contributed by atoms with van der Waals surface area (Å²) >= 11 is 5.93. The summed E-state index contributed by atoms with van der Waals surface area (Å²) in [5.74, 6) is 0.945. The highest BCUT2D eigenvalue weighted by Crippen LogP contribution is 2.22. The number of hydrogen-bond acceptors (Lipinski definition) is 9. The van der Waals surface area contributed by atoms with Crippen molar-refractivity contribution in [3.8, 4) is 5.75 Å². The van der Waals surface area contributed by atoms with Gasteiger partial charge in [-0.25, -0.2) is 19.1 Å². The molecule has 3 heterocycles. The zero-order valence-corrected chi connectivity index (χ0v) is 23.7. The molecule has 216 valence electrons. The SMILES string of the molecule is CCn1c(CNC(=O)c2nc(Cl)c(N)nc2N)[n+](CC)c2ccc(OCCNC(=O)CN3CCC(N)CC3)cc21. The molecular weight excluding hydrogens is 536 g/mol. The minimum absolute atomic E-state index is 0.0148. The zero-order chi connectivity index (χ0) is 28.8. The molecule has 3 aromatic rings. The first-order valence-corrected chi connectivity index (χ1v) is 13.9. The lowest BCUT2D eigenvalue weighted by atomic mass is 10.1. The zero-order valence-electron chi connectivity index (χ0n) is 23.0. The van der Waals surface area contributed by atoms with Crippen LogP contribution in [0.4, 0.5) is 11.6 Å². The van der Waals surface area contributed by atoms with Gasteiger partial charge in [0.25, 0.3) is 11.7 Å². The number of carbonyl (C=O) groups excluding carboxylic acids is 2. The van der Waals surface area contributed by atoms with Crippen LogP contribution in [-0.4, -0.2) is 70.1 Å². The minimum atomic E-state index is -0.502. The maximum absolute atomic E-state index is 12.8. The third-order valence-electron chi connectivity index (χ3n) is 7.00. The highest BCUT2D eigenvalue weighted by Gasteiger charge is 2.25. The molecule has 0 saturated carbocycles. The number of nitrogen functional groups attached to an aromatic ring is 2. The highest BCUT2D eigenvalue weighted by molar-refractivity contribution is 6.31. The Kier molecular flexibility index (Phi) is 9.61. The van der Waals surface area contributed by atoms with E-state index in [0.717, 1.165) is 42.8 Å². The highest BCUT2D eigenvalue weighted by atomic mass is 35.5. The van der Waals surface area contributed by atoms with Crippen molar-refractivity contribution in [2.75, 3.05) is 44.3 Å². The maximum Gasteiger partial charge on any atom is 0.277 e. The van der Waals surface area contributed by atoms with Crippen molar-refractivity contribution in [1.82, 2.24) is 30.1 Å². The molecule has 1 fully saturated rings. The normalized spacial score (nSPS) is 14.4. The van der Waals surface area contributed by atoms with Crippen molar-refractivity contribution >= 4 is 46.1 Å². The van der Waals surface area contributed by atoms with Crippen LogP contribution in [0.15, 0.2) is 18.2 Å². The second-order valence-electron chi connectivity index (χ2n) is 9.68. The number of likely N-dealkylation sites (tertiary alicyclic amines) is 1. The number of rotatable bonds is 11. The van der Waals surface area contributed by atoms with Gasteiger partial charge in [-0.2, -0.15) is 0 Å². The second kappa shape index (κ2) is 13.1. The van der Waals surface area contributed by atoms with Crippen LogP contribution in [0.5, 0.6) is 5.75 Å². The first-order valence-electron chi connectivity index (χ1n) is 13.5. The Bertz CT molecular complexity index is 1370. The van der Waals surface area contributed by atoms with Crippen LogP contribution in [0.1, 0.15) is 43.0 Å². The van der Waals surface area contributed by atoms with Crippen molar-refractivity contribution in [1.29, 1.82) is 0 Å². The number of fused-ring (bicyclic) bond motifs is 1. The van der Waals surface area contributed by atoms with Crippen molar-refractivity contribution in [2.24, 2.45) is 5.73 Å². The Balaban J connectivity index is 1.39. The summed E-state index contributed by atoms with van der Waals surface area (Å²) in [6, 6.07) is 6.11. The summed E-state index contributed by atoms with van der Waals surface area (Å²) < 4.78 is 10.2. The fraction of sp³-hybridized carbons (Fsp3) is 0.500. The van der Waals surface area contributed by atoms with Gasteiger partial charge < -0.3 is 32.6 Å². The Labute approximate surface area is 238 Å². The molecule has 1 aliphatic rings. The van der Waals surface area contributed by atoms with E-state index in [-0.39, 0.29) is 41.0 Å². The lowest BCUT2D eigenvalue weighted by Gasteiger charge is -2.29. The number of anilines is 2. The number of aryl methyl sites for hydroxylation is 2. The van der Waals surface area contributed by atoms with Crippen LogP contribution in [0.2, 0.25) is 5.15 Å². The Morgan fingerprint density at radius 3 is 2.60 bits per heavy atom. The summed E-state index contributed by atoms with van der Waals surface area (Å²) in [6.45, 7) is 8.50. The number of carbonyl (C=O) groups is 2. The molecule has 2 amide bonds. The molecule has 4 rings (SSSR count). The molecular formula is C26H38ClN10O3+. The van der Waals surface area contributed by atoms with E-state index in [0.29, 0.717) is 38.5 Å². The van der Waals surface area contributed by atoms with E-state index in [1.165, 1.54) is 0 Å². The summed E-state index contributed by atoms with van der Waals surface area (Å²) in [6.07, 6.45) is 1.84. The largest absolute Gasteiger partial charge is 0.492 e. The smallest absolute Gasteiger partial charge is 0.277 e. The second-order valence-corrected chi connectivity index (χ2v) is 10.0. The van der Waals surface area contributed by atoms with Gasteiger partial charge in [0.15, 0.2) is 33.5 Å². The van der Waals surface area contributed by atoms with E-state index >= 15 is 0 Å². The van der Waals surface area contributed by atoms with Crippen molar-refractivity contribution in [3.05, 3.63) is 34.9 Å². The van der Waals surface area contributed by atoms with Gasteiger partial charge in [-0.3, -0.25) is 14.5 Å². The molecule has 8 N–H and O–H groups in total. The molecule has 0 radical (unpaired) electrons. The molecule has 0 aliphatic carbocycles. The molecule has 2 aromatic heterocycles. The molecule has 0 atom stereocenters. The minimum Gasteiger partial charge on any atom is -0.492 e. The topological polar surface area (TPSA) is 183 Å². The van der Waals surface area contributed by atoms with Crippen LogP contribution in [0, 0.1) is 0 Å². The monoisotopic (exact) mass is 573 g/mol. The van der Waals surface area contributed by atoms with Crippen LogP contribution in [-0.2, 0) is 24.4 Å². The number of nitrogens with one attached hydrogen (secondary N) is 2. The van der Waals surface area contributed by atoms with Gasteiger partial charge in [-0.05, 0) is 38.8 Å². The predicted molar refractivity (Wildman–Crippen MR) is 153 cm³/mol. The fourth-order valence-corrected chi connectivity index (χ4v) is 5.07. The Hall–Kier alpha value is -3.68. The van der Waals surface area contributed by atoms with Crippen LogP contribution in [0.25, 0.3) is 11.0 Å². The van der Waals surface area contributed by atoms with Crippen LogP contribution in [0.3, 0.4) is 0 Å². The molecule has 1 saturated heterocycles. The van der Waals surface area contributed by atoms with E-state index in [4.69, 9.17) is 33.5 Å². The summed E-state index contributed by atoms with van der Waals surface area (Å²) in [7, 11) is 0. The molecule has 40 heavy (non-hydrogen) atoms. The van der Waals surface area contributed by atoms with Gasteiger partial charge in [0.2, 0.25) is 5.91 Å². The quantitative estimate of drug-likeness (QED) is 0.160. The number of aromatic nitrogens is 4. The van der Waals surface area contributed by atoms with Gasteiger partial charge in [0.1, 0.15) is 18.9 Å². The van der Waals surface area contributed by atoms with Crippen molar-refractivity contribution in [2.45, 2.75) is 52.4 Å². The Morgan fingerprint density at radius 2 is 1.90 bits per heavy atom. The predicted octanol–water partition coefficient (Wildman–Crippen LogP) is 0.425. The lowest BCUT2D eigenvalue weighted by Crippen LogP contribution is -2.45. The summed E-state index contributed by atoms with van der Waals surface area (Å²) in [4.78, 5) is 35.1. The summed E-state index contributed by atoms with van der Waals surface area (Å²) in [5.41, 5.74) is 19.3. The number of piperidine rings is 1. The number of benzene rings is 1. The van der Waals surface area contributed by atoms with Crippen molar-refractivity contribution in [3.63, 3.8) is 0 Å². The van der Waals surface area contributed by atoms with E-state index in [9.17, 15) is 9.59 Å². The van der Waals surface area contributed by atoms with Gasteiger partial charge in [0.05, 0.1) is 26.2 Å². The van der Waals surface area contributed by atoms with Crippen LogP contribution < -0.4 is 37.1 Å². The average Bonchev–Trinajstić information content (AvgIpc) is 3.24. The molecule has 13 nitrogen and oxygen atoms in total. The molecule has 1 aliphatic heterocycles. The first-order chi connectivity index (χ1) is 19.2. The number of nitrogens with two attached hydrogens (primary N) is 3. The molecule has 14 heteroatoms. The maximum atomic E-state index is 12.8.